The lowest BCUT2D eigenvalue weighted by Crippen LogP contribution is -2.36. The highest BCUT2D eigenvalue weighted by atomic mass is 16.3. The van der Waals surface area contributed by atoms with Crippen molar-refractivity contribution in [2.24, 2.45) is 10.7 Å². The highest BCUT2D eigenvalue weighted by molar-refractivity contribution is 5.84. The minimum absolute atomic E-state index is 0.159. The van der Waals surface area contributed by atoms with Crippen molar-refractivity contribution in [2.45, 2.75) is 51.6 Å². The third-order valence-electron chi connectivity index (χ3n) is 4.33. The van der Waals surface area contributed by atoms with Crippen molar-refractivity contribution in [1.29, 1.82) is 0 Å². The second-order valence-corrected chi connectivity index (χ2v) is 5.71. The monoisotopic (exact) mass is 289 g/mol. The van der Waals surface area contributed by atoms with E-state index < -0.39 is 0 Å². The van der Waals surface area contributed by atoms with Crippen molar-refractivity contribution in [3.05, 3.63) is 23.8 Å². The maximum atomic E-state index is 10.2. The molecule has 0 heterocycles. The Hall–Kier alpha value is -1.55. The lowest BCUT2D eigenvalue weighted by molar-refractivity contribution is 0.387. The Labute approximate surface area is 127 Å². The molecule has 1 aromatic rings. The molecule has 0 aromatic heterocycles. The average Bonchev–Trinajstić information content (AvgIpc) is 2.49. The van der Waals surface area contributed by atoms with Crippen LogP contribution in [0.25, 0.3) is 0 Å². The van der Waals surface area contributed by atoms with Crippen molar-refractivity contribution in [3.8, 4) is 5.75 Å². The Morgan fingerprint density at radius 3 is 2.62 bits per heavy atom. The molecular weight excluding hydrogens is 262 g/mol. The van der Waals surface area contributed by atoms with E-state index >= 15 is 0 Å². The van der Waals surface area contributed by atoms with E-state index in [1.807, 2.05) is 18.2 Å². The number of phenols is 1. The van der Waals surface area contributed by atoms with E-state index in [0.717, 1.165) is 37.2 Å². The van der Waals surface area contributed by atoms with Crippen LogP contribution in [0.5, 0.6) is 5.75 Å². The van der Waals surface area contributed by atoms with Crippen LogP contribution in [0.4, 0.5) is 5.69 Å². The molecule has 2 atom stereocenters. The van der Waals surface area contributed by atoms with E-state index in [1.54, 1.807) is 6.21 Å². The molecule has 0 spiro atoms. The van der Waals surface area contributed by atoms with E-state index in [0.29, 0.717) is 0 Å². The summed E-state index contributed by atoms with van der Waals surface area (Å²) < 4.78 is 0. The first kappa shape index (κ1) is 15.8. The fraction of sp³-hybridized carbons (Fsp3) is 0.588. The number of phenolic OH excluding ortho intramolecular Hbond substituents is 1. The second-order valence-electron chi connectivity index (χ2n) is 5.71. The van der Waals surface area contributed by atoms with Gasteiger partial charge in [0, 0.05) is 42.7 Å². The summed E-state index contributed by atoms with van der Waals surface area (Å²) in [5.74, 6) is 0.285. The van der Waals surface area contributed by atoms with Gasteiger partial charge in [-0.25, -0.2) is 0 Å². The molecular formula is C17H27N3O. The molecule has 1 aromatic carbocycles. The molecule has 3 N–H and O–H groups in total. The largest absolute Gasteiger partial charge is 0.507 e. The summed E-state index contributed by atoms with van der Waals surface area (Å²) in [7, 11) is 0. The fourth-order valence-corrected chi connectivity index (χ4v) is 2.93. The Kier molecular flexibility index (Phi) is 5.62. The van der Waals surface area contributed by atoms with E-state index in [9.17, 15) is 5.11 Å². The van der Waals surface area contributed by atoms with Gasteiger partial charge >= 0.3 is 0 Å². The first-order chi connectivity index (χ1) is 10.2. The van der Waals surface area contributed by atoms with Gasteiger partial charge in [-0.05, 0) is 38.8 Å². The fourth-order valence-electron chi connectivity index (χ4n) is 2.93. The van der Waals surface area contributed by atoms with E-state index in [4.69, 9.17) is 5.73 Å². The van der Waals surface area contributed by atoms with Crippen molar-refractivity contribution >= 4 is 11.9 Å². The van der Waals surface area contributed by atoms with Gasteiger partial charge in [0.05, 0.1) is 6.04 Å². The molecule has 1 fully saturated rings. The number of hydrogen-bond acceptors (Lipinski definition) is 4. The molecule has 4 nitrogen and oxygen atoms in total. The Morgan fingerprint density at radius 1 is 1.29 bits per heavy atom. The van der Waals surface area contributed by atoms with Gasteiger partial charge < -0.3 is 15.7 Å². The third kappa shape index (κ3) is 3.97. The van der Waals surface area contributed by atoms with E-state index in [2.05, 4.69) is 23.7 Å². The predicted octanol–water partition coefficient (Wildman–Crippen LogP) is 2.93. The number of nitrogens with zero attached hydrogens (tertiary/aromatic N) is 2. The van der Waals surface area contributed by atoms with Gasteiger partial charge in [0.2, 0.25) is 0 Å². The molecule has 116 valence electrons. The van der Waals surface area contributed by atoms with Crippen LogP contribution in [-0.2, 0) is 0 Å². The maximum absolute atomic E-state index is 10.2. The molecule has 0 radical (unpaired) electrons. The number of aliphatic imine (C=N–C) groups is 1. The molecule has 21 heavy (non-hydrogen) atoms. The predicted molar refractivity (Wildman–Crippen MR) is 89.5 cm³/mol. The first-order valence-corrected chi connectivity index (χ1v) is 8.02. The van der Waals surface area contributed by atoms with Gasteiger partial charge in [-0.2, -0.15) is 0 Å². The maximum Gasteiger partial charge on any atom is 0.126 e. The smallest absolute Gasteiger partial charge is 0.126 e. The Balaban J connectivity index is 2.10. The summed E-state index contributed by atoms with van der Waals surface area (Å²) in [5, 5.41) is 10.2. The zero-order valence-electron chi connectivity index (χ0n) is 13.1. The number of benzene rings is 1. The molecule has 4 heteroatoms. The zero-order valence-corrected chi connectivity index (χ0v) is 13.1. The van der Waals surface area contributed by atoms with Gasteiger partial charge in [0.25, 0.3) is 0 Å². The van der Waals surface area contributed by atoms with Gasteiger partial charge in [-0.15, -0.1) is 0 Å². The first-order valence-electron chi connectivity index (χ1n) is 8.02. The molecule has 0 bridgehead atoms. The lowest BCUT2D eigenvalue weighted by atomic mass is 9.91. The summed E-state index contributed by atoms with van der Waals surface area (Å²) in [6.45, 7) is 6.08. The summed E-state index contributed by atoms with van der Waals surface area (Å²) in [5.41, 5.74) is 7.91. The molecule has 0 aliphatic heterocycles. The van der Waals surface area contributed by atoms with Gasteiger partial charge in [0.1, 0.15) is 5.75 Å². The van der Waals surface area contributed by atoms with Gasteiger partial charge in [0.15, 0.2) is 0 Å². The zero-order chi connectivity index (χ0) is 15.2. The van der Waals surface area contributed by atoms with Crippen LogP contribution in [0, 0.1) is 0 Å². The number of anilines is 1. The van der Waals surface area contributed by atoms with Crippen molar-refractivity contribution in [2.75, 3.05) is 18.0 Å². The summed E-state index contributed by atoms with van der Waals surface area (Å²) in [4.78, 5) is 6.79. The van der Waals surface area contributed by atoms with Crippen LogP contribution >= 0.6 is 0 Å². The average molecular weight is 289 g/mol. The summed E-state index contributed by atoms with van der Waals surface area (Å²) in [6, 6.07) is 6.14. The molecule has 0 amide bonds. The topological polar surface area (TPSA) is 61.8 Å². The Morgan fingerprint density at radius 2 is 2.00 bits per heavy atom. The van der Waals surface area contributed by atoms with Crippen LogP contribution in [0.15, 0.2) is 23.2 Å². The van der Waals surface area contributed by atoms with E-state index in [1.165, 1.54) is 12.8 Å². The minimum atomic E-state index is 0.159. The summed E-state index contributed by atoms with van der Waals surface area (Å²) >= 11 is 0. The standard InChI is InChI=1S/C17H27N3O/c1-3-20(4-2)14-10-9-13(17(21)11-14)12-19-16-8-6-5-7-15(16)18/h9-12,15-16,21H,3-8,18H2,1-2H3/b19-12+. The third-order valence-corrected chi connectivity index (χ3v) is 4.33. The van der Waals surface area contributed by atoms with E-state index in [-0.39, 0.29) is 17.8 Å². The van der Waals surface area contributed by atoms with Crippen LogP contribution < -0.4 is 10.6 Å². The van der Waals surface area contributed by atoms with Crippen molar-refractivity contribution in [3.63, 3.8) is 0 Å². The molecule has 1 aliphatic rings. The Bertz CT molecular complexity index is 483. The number of rotatable bonds is 5. The van der Waals surface area contributed by atoms with Crippen molar-refractivity contribution < 1.29 is 5.11 Å². The van der Waals surface area contributed by atoms with Crippen LogP contribution in [0.1, 0.15) is 45.1 Å². The molecule has 0 saturated heterocycles. The lowest BCUT2D eigenvalue weighted by Gasteiger charge is -2.25. The quantitative estimate of drug-likeness (QED) is 0.819. The van der Waals surface area contributed by atoms with Gasteiger partial charge in [-0.3, -0.25) is 4.99 Å². The van der Waals surface area contributed by atoms with Crippen LogP contribution in [-0.4, -0.2) is 36.5 Å². The minimum Gasteiger partial charge on any atom is -0.507 e. The highest BCUT2D eigenvalue weighted by Gasteiger charge is 2.20. The molecule has 1 aliphatic carbocycles. The molecule has 2 rings (SSSR count). The summed E-state index contributed by atoms with van der Waals surface area (Å²) in [6.07, 6.45) is 6.28. The van der Waals surface area contributed by atoms with Crippen LogP contribution in [0.2, 0.25) is 0 Å². The number of hydrogen-bond donors (Lipinski definition) is 2. The normalized spacial score (nSPS) is 22.6. The highest BCUT2D eigenvalue weighted by Crippen LogP contribution is 2.24. The van der Waals surface area contributed by atoms with Crippen LogP contribution in [0.3, 0.4) is 0 Å². The molecule has 1 saturated carbocycles. The SMILES string of the molecule is CCN(CC)c1ccc(/C=N/C2CCCCC2N)c(O)c1. The van der Waals surface area contributed by atoms with Gasteiger partial charge in [-0.1, -0.05) is 12.8 Å². The second kappa shape index (κ2) is 7.46. The number of nitrogens with two attached hydrogens (primary N) is 1. The number of aromatic hydroxyl groups is 1. The molecule has 2 unspecified atom stereocenters. The van der Waals surface area contributed by atoms with Crippen molar-refractivity contribution in [1.82, 2.24) is 0 Å².